The van der Waals surface area contributed by atoms with Gasteiger partial charge in [-0.2, -0.15) is 5.10 Å². The normalized spacial score (nSPS) is 12.1. The minimum atomic E-state index is -0.0655. The number of carbonyl (C=O) groups excluding carboxylic acids is 1. The number of hydrogen-bond acceptors (Lipinski definition) is 3. The Hall–Kier alpha value is -1.66. The summed E-state index contributed by atoms with van der Waals surface area (Å²) in [5.41, 5.74) is 0.777. The fraction of sp³-hybridized carbons (Fsp3) is 0.286. The summed E-state index contributed by atoms with van der Waals surface area (Å²) in [6.45, 7) is 3.02. The first kappa shape index (κ1) is 14.7. The van der Waals surface area contributed by atoms with Crippen LogP contribution >= 0.6 is 15.9 Å². The van der Waals surface area contributed by atoms with Gasteiger partial charge < -0.3 is 10.6 Å². The Kier molecular flexibility index (Phi) is 5.31. The van der Waals surface area contributed by atoms with Crippen molar-refractivity contribution in [2.75, 3.05) is 11.9 Å². The molecule has 0 bridgehead atoms. The quantitative estimate of drug-likeness (QED) is 0.850. The molecule has 106 valence electrons. The summed E-state index contributed by atoms with van der Waals surface area (Å²) >= 11 is 3.40. The molecule has 0 radical (unpaired) electrons. The van der Waals surface area contributed by atoms with Crippen LogP contribution in [0.1, 0.15) is 6.92 Å². The van der Waals surface area contributed by atoms with Gasteiger partial charge in [0, 0.05) is 22.9 Å². The predicted octanol–water partition coefficient (Wildman–Crippen LogP) is 2.26. The van der Waals surface area contributed by atoms with Crippen molar-refractivity contribution >= 4 is 27.5 Å². The SMILES string of the molecule is CC(Cn1cccn1)NCC(=O)Nc1ccccc1Br. The smallest absolute Gasteiger partial charge is 0.238 e. The third-order valence-electron chi connectivity index (χ3n) is 2.78. The van der Waals surface area contributed by atoms with Crippen LogP contribution < -0.4 is 10.6 Å². The Morgan fingerprint density at radius 3 is 2.90 bits per heavy atom. The average Bonchev–Trinajstić information content (AvgIpc) is 2.92. The molecule has 0 spiro atoms. The highest BCUT2D eigenvalue weighted by Crippen LogP contribution is 2.20. The van der Waals surface area contributed by atoms with Gasteiger partial charge in [0.1, 0.15) is 0 Å². The van der Waals surface area contributed by atoms with Crippen molar-refractivity contribution in [3.8, 4) is 0 Å². The number of amides is 1. The fourth-order valence-electron chi connectivity index (χ4n) is 1.78. The van der Waals surface area contributed by atoms with Gasteiger partial charge in [-0.3, -0.25) is 9.48 Å². The molecule has 1 aromatic carbocycles. The van der Waals surface area contributed by atoms with E-state index in [4.69, 9.17) is 0 Å². The second-order valence-corrected chi connectivity index (χ2v) is 5.39. The lowest BCUT2D eigenvalue weighted by Crippen LogP contribution is -2.37. The van der Waals surface area contributed by atoms with Crippen LogP contribution in [-0.2, 0) is 11.3 Å². The molecule has 1 amide bonds. The van der Waals surface area contributed by atoms with Crippen molar-refractivity contribution in [1.82, 2.24) is 15.1 Å². The number of para-hydroxylation sites is 1. The zero-order valence-corrected chi connectivity index (χ0v) is 12.8. The molecule has 2 aromatic rings. The lowest BCUT2D eigenvalue weighted by molar-refractivity contribution is -0.115. The van der Waals surface area contributed by atoms with Crippen LogP contribution in [0.15, 0.2) is 47.2 Å². The van der Waals surface area contributed by atoms with Crippen LogP contribution in [-0.4, -0.2) is 28.3 Å². The molecule has 1 aromatic heterocycles. The van der Waals surface area contributed by atoms with E-state index in [1.165, 1.54) is 0 Å². The first-order chi connectivity index (χ1) is 9.65. The minimum absolute atomic E-state index is 0.0655. The number of nitrogens with zero attached hydrogens (tertiary/aromatic N) is 2. The Labute approximate surface area is 126 Å². The summed E-state index contributed by atoms with van der Waals surface area (Å²) in [5, 5.41) is 10.2. The van der Waals surface area contributed by atoms with E-state index < -0.39 is 0 Å². The Morgan fingerprint density at radius 1 is 1.40 bits per heavy atom. The third kappa shape index (κ3) is 4.47. The van der Waals surface area contributed by atoms with Gasteiger partial charge in [0.15, 0.2) is 0 Å². The number of aromatic nitrogens is 2. The summed E-state index contributed by atoms with van der Waals surface area (Å²) in [7, 11) is 0. The standard InChI is InChI=1S/C14H17BrN4O/c1-11(10-19-8-4-7-17-19)16-9-14(20)18-13-6-3-2-5-12(13)15/h2-8,11,16H,9-10H2,1H3,(H,18,20). The molecule has 0 aliphatic heterocycles. The van der Waals surface area contributed by atoms with Crippen molar-refractivity contribution < 1.29 is 4.79 Å². The number of anilines is 1. The molecular weight excluding hydrogens is 320 g/mol. The van der Waals surface area contributed by atoms with Crippen LogP contribution in [0.25, 0.3) is 0 Å². The molecule has 0 fully saturated rings. The summed E-state index contributed by atoms with van der Waals surface area (Å²) in [6.07, 6.45) is 3.64. The number of carbonyl (C=O) groups is 1. The molecule has 0 saturated carbocycles. The molecular formula is C14H17BrN4O. The van der Waals surface area contributed by atoms with Crippen molar-refractivity contribution in [3.05, 3.63) is 47.2 Å². The average molecular weight is 337 g/mol. The van der Waals surface area contributed by atoms with Gasteiger partial charge in [-0.25, -0.2) is 0 Å². The number of benzene rings is 1. The van der Waals surface area contributed by atoms with Gasteiger partial charge in [-0.1, -0.05) is 12.1 Å². The zero-order valence-electron chi connectivity index (χ0n) is 11.2. The highest BCUT2D eigenvalue weighted by Gasteiger charge is 2.08. The Balaban J connectivity index is 1.76. The van der Waals surface area contributed by atoms with E-state index in [0.29, 0.717) is 0 Å². The van der Waals surface area contributed by atoms with Crippen molar-refractivity contribution in [1.29, 1.82) is 0 Å². The summed E-state index contributed by atoms with van der Waals surface area (Å²) in [6, 6.07) is 9.59. The van der Waals surface area contributed by atoms with Crippen LogP contribution in [0.4, 0.5) is 5.69 Å². The van der Waals surface area contributed by atoms with Crippen molar-refractivity contribution in [2.24, 2.45) is 0 Å². The molecule has 0 saturated heterocycles. The van der Waals surface area contributed by atoms with Gasteiger partial charge in [0.2, 0.25) is 5.91 Å². The molecule has 0 aliphatic carbocycles. The highest BCUT2D eigenvalue weighted by atomic mass is 79.9. The van der Waals surface area contributed by atoms with E-state index in [1.54, 1.807) is 6.20 Å². The molecule has 0 aliphatic rings. The van der Waals surface area contributed by atoms with Gasteiger partial charge in [0.25, 0.3) is 0 Å². The molecule has 2 N–H and O–H groups in total. The van der Waals surface area contributed by atoms with E-state index in [2.05, 4.69) is 31.7 Å². The third-order valence-corrected chi connectivity index (χ3v) is 3.47. The van der Waals surface area contributed by atoms with Crippen molar-refractivity contribution in [2.45, 2.75) is 19.5 Å². The molecule has 5 nitrogen and oxygen atoms in total. The van der Waals surface area contributed by atoms with Gasteiger partial charge in [-0.05, 0) is 41.1 Å². The first-order valence-electron chi connectivity index (χ1n) is 6.40. The lowest BCUT2D eigenvalue weighted by Gasteiger charge is -2.14. The van der Waals surface area contributed by atoms with Crippen LogP contribution in [0, 0.1) is 0 Å². The summed E-state index contributed by atoms with van der Waals surface area (Å²) in [5.74, 6) is -0.0655. The van der Waals surface area contributed by atoms with E-state index in [-0.39, 0.29) is 18.5 Å². The maximum absolute atomic E-state index is 11.9. The Morgan fingerprint density at radius 2 is 2.20 bits per heavy atom. The lowest BCUT2D eigenvalue weighted by atomic mass is 10.3. The monoisotopic (exact) mass is 336 g/mol. The maximum atomic E-state index is 11.9. The van der Waals surface area contributed by atoms with E-state index in [1.807, 2.05) is 48.1 Å². The number of nitrogens with one attached hydrogen (secondary N) is 2. The first-order valence-corrected chi connectivity index (χ1v) is 7.19. The number of hydrogen-bond donors (Lipinski definition) is 2. The Bertz CT molecular complexity index is 556. The maximum Gasteiger partial charge on any atom is 0.238 e. The molecule has 2 rings (SSSR count). The van der Waals surface area contributed by atoms with Crippen LogP contribution in [0.5, 0.6) is 0 Å². The zero-order chi connectivity index (χ0) is 14.4. The van der Waals surface area contributed by atoms with Crippen LogP contribution in [0.3, 0.4) is 0 Å². The van der Waals surface area contributed by atoms with Gasteiger partial charge in [0.05, 0.1) is 18.8 Å². The van der Waals surface area contributed by atoms with Crippen molar-refractivity contribution in [3.63, 3.8) is 0 Å². The molecule has 20 heavy (non-hydrogen) atoms. The van der Waals surface area contributed by atoms with Crippen LogP contribution in [0.2, 0.25) is 0 Å². The predicted molar refractivity (Wildman–Crippen MR) is 82.5 cm³/mol. The van der Waals surface area contributed by atoms with Gasteiger partial charge >= 0.3 is 0 Å². The van der Waals surface area contributed by atoms with E-state index in [0.717, 1.165) is 16.7 Å². The molecule has 6 heteroatoms. The number of halogens is 1. The molecule has 1 unspecified atom stereocenters. The fourth-order valence-corrected chi connectivity index (χ4v) is 2.16. The second kappa shape index (κ2) is 7.21. The summed E-state index contributed by atoms with van der Waals surface area (Å²) in [4.78, 5) is 11.9. The highest BCUT2D eigenvalue weighted by molar-refractivity contribution is 9.10. The van der Waals surface area contributed by atoms with E-state index >= 15 is 0 Å². The molecule has 1 heterocycles. The largest absolute Gasteiger partial charge is 0.324 e. The minimum Gasteiger partial charge on any atom is -0.324 e. The topological polar surface area (TPSA) is 59.0 Å². The van der Waals surface area contributed by atoms with E-state index in [9.17, 15) is 4.79 Å². The molecule has 1 atom stereocenters. The number of rotatable bonds is 6. The van der Waals surface area contributed by atoms with Gasteiger partial charge in [-0.15, -0.1) is 0 Å². The second-order valence-electron chi connectivity index (χ2n) is 4.54. The summed E-state index contributed by atoms with van der Waals surface area (Å²) < 4.78 is 2.71.